The first-order chi connectivity index (χ1) is 39.0. The average molecular weight is 1120 g/mol. The van der Waals surface area contributed by atoms with Crippen LogP contribution in [0.1, 0.15) is 432 Å². The number of unbranched alkanes of at least 4 members (excludes halogenated alkanes) is 58. The van der Waals surface area contributed by atoms with Gasteiger partial charge in [-0.1, -0.05) is 393 Å². The number of esters is 3. The van der Waals surface area contributed by atoms with Crippen LogP contribution < -0.4 is 0 Å². The normalized spacial score (nSPS) is 11.9. The zero-order valence-electron chi connectivity index (χ0n) is 54.2. The Labute approximate surface area is 495 Å². The first-order valence-electron chi connectivity index (χ1n) is 36.5. The number of hydrogen-bond acceptors (Lipinski definition) is 6. The summed E-state index contributed by atoms with van der Waals surface area (Å²) in [6, 6.07) is 0. The molecule has 1 atom stereocenters. The Hall–Kier alpha value is -1.59. The monoisotopic (exact) mass is 1120 g/mol. The number of hydrogen-bond donors (Lipinski definition) is 0. The van der Waals surface area contributed by atoms with E-state index in [-0.39, 0.29) is 31.1 Å². The van der Waals surface area contributed by atoms with Gasteiger partial charge in [0.05, 0.1) is 0 Å². The molecule has 79 heavy (non-hydrogen) atoms. The van der Waals surface area contributed by atoms with E-state index in [1.165, 1.54) is 334 Å². The van der Waals surface area contributed by atoms with Crippen molar-refractivity contribution in [1.29, 1.82) is 0 Å². The lowest BCUT2D eigenvalue weighted by Crippen LogP contribution is -2.30. The van der Waals surface area contributed by atoms with Gasteiger partial charge in [0.25, 0.3) is 0 Å². The lowest BCUT2D eigenvalue weighted by molar-refractivity contribution is -0.167. The molecule has 0 aliphatic rings. The van der Waals surface area contributed by atoms with Crippen molar-refractivity contribution < 1.29 is 28.6 Å². The summed E-state index contributed by atoms with van der Waals surface area (Å²) >= 11 is 0. The average Bonchev–Trinajstić information content (AvgIpc) is 3.45. The largest absolute Gasteiger partial charge is 0.462 e. The zero-order chi connectivity index (χ0) is 57.1. The molecule has 6 heteroatoms. The van der Waals surface area contributed by atoms with Crippen LogP contribution in [0.3, 0.4) is 0 Å². The summed E-state index contributed by atoms with van der Waals surface area (Å²) in [7, 11) is 0. The molecule has 0 saturated heterocycles. The van der Waals surface area contributed by atoms with Crippen LogP contribution in [0.4, 0.5) is 0 Å². The van der Waals surface area contributed by atoms with E-state index in [0.717, 1.165) is 57.8 Å². The topological polar surface area (TPSA) is 78.9 Å². The van der Waals surface area contributed by atoms with Crippen molar-refractivity contribution in [3.8, 4) is 0 Å². The molecule has 6 nitrogen and oxygen atoms in total. The van der Waals surface area contributed by atoms with E-state index in [1.54, 1.807) is 0 Å². The highest BCUT2D eigenvalue weighted by molar-refractivity contribution is 5.71. The molecule has 0 amide bonds. The zero-order valence-corrected chi connectivity index (χ0v) is 54.2. The van der Waals surface area contributed by atoms with E-state index in [9.17, 15) is 14.4 Å². The fraction of sp³-hybridized carbons (Fsp3) is 0.959. The van der Waals surface area contributed by atoms with E-state index < -0.39 is 6.10 Å². The molecule has 0 fully saturated rings. The third-order valence-electron chi connectivity index (χ3n) is 17.1. The minimum absolute atomic E-state index is 0.0606. The molecule has 0 bridgehead atoms. The first-order valence-corrected chi connectivity index (χ1v) is 36.5. The first kappa shape index (κ1) is 77.4. The fourth-order valence-electron chi connectivity index (χ4n) is 11.6. The smallest absolute Gasteiger partial charge is 0.306 e. The van der Waals surface area contributed by atoms with Gasteiger partial charge >= 0.3 is 17.9 Å². The Morgan fingerprint density at radius 2 is 0.342 bits per heavy atom. The van der Waals surface area contributed by atoms with E-state index >= 15 is 0 Å². The summed E-state index contributed by atoms with van der Waals surface area (Å²) < 4.78 is 17.0. The molecule has 0 aliphatic heterocycles. The molecule has 0 radical (unpaired) electrons. The molecule has 0 aliphatic carbocycles. The minimum Gasteiger partial charge on any atom is -0.462 e. The second-order valence-electron chi connectivity index (χ2n) is 25.2. The highest BCUT2D eigenvalue weighted by Crippen LogP contribution is 2.20. The van der Waals surface area contributed by atoms with Crippen molar-refractivity contribution in [2.24, 2.45) is 0 Å². The molecule has 0 saturated carbocycles. The van der Waals surface area contributed by atoms with Crippen LogP contribution in [0.15, 0.2) is 0 Å². The highest BCUT2D eigenvalue weighted by Gasteiger charge is 2.20. The lowest BCUT2D eigenvalue weighted by Gasteiger charge is -2.18. The van der Waals surface area contributed by atoms with Gasteiger partial charge in [-0.3, -0.25) is 14.4 Å². The van der Waals surface area contributed by atoms with E-state index in [4.69, 9.17) is 14.2 Å². The molecule has 1 unspecified atom stereocenters. The maximum atomic E-state index is 12.9. The summed E-state index contributed by atoms with van der Waals surface area (Å²) in [6.45, 7) is 6.73. The summed E-state index contributed by atoms with van der Waals surface area (Å²) in [5.41, 5.74) is 0. The number of rotatable bonds is 69. The quantitative estimate of drug-likeness (QED) is 0.0343. The van der Waals surface area contributed by atoms with Gasteiger partial charge in [-0.05, 0) is 19.3 Å². The Morgan fingerprint density at radius 3 is 0.506 bits per heavy atom. The van der Waals surface area contributed by atoms with Crippen molar-refractivity contribution >= 4 is 17.9 Å². The summed E-state index contributed by atoms with van der Waals surface area (Å²) in [5, 5.41) is 0. The molecular formula is C73H142O6. The van der Waals surface area contributed by atoms with Crippen molar-refractivity contribution in [2.75, 3.05) is 13.2 Å². The maximum Gasteiger partial charge on any atom is 0.306 e. The molecule has 0 aromatic heterocycles. The van der Waals surface area contributed by atoms with Gasteiger partial charge in [0.15, 0.2) is 6.10 Å². The Balaban J connectivity index is 4.02. The van der Waals surface area contributed by atoms with Crippen LogP contribution >= 0.6 is 0 Å². The Morgan fingerprint density at radius 1 is 0.203 bits per heavy atom. The van der Waals surface area contributed by atoms with E-state index in [2.05, 4.69) is 20.8 Å². The summed E-state index contributed by atoms with van der Waals surface area (Å²) in [4.78, 5) is 38.3. The SMILES string of the molecule is CCCCCCCCCCCCCCCCCCCCCCCCCCCCCCCCCCC(=O)OCC(COC(=O)CCCCCCCCCCCC)OC(=O)CCCCCCCCCCCCCCCCCCCCC. The van der Waals surface area contributed by atoms with E-state index in [1.807, 2.05) is 0 Å². The molecule has 0 heterocycles. The maximum absolute atomic E-state index is 12.9. The van der Waals surface area contributed by atoms with Crippen LogP contribution in [0, 0.1) is 0 Å². The molecule has 0 rings (SSSR count). The molecule has 470 valence electrons. The molecular weight excluding hydrogens is 973 g/mol. The van der Waals surface area contributed by atoms with Crippen molar-refractivity contribution in [1.82, 2.24) is 0 Å². The fourth-order valence-corrected chi connectivity index (χ4v) is 11.6. The molecule has 0 spiro atoms. The van der Waals surface area contributed by atoms with Crippen LogP contribution in [-0.2, 0) is 28.6 Å². The lowest BCUT2D eigenvalue weighted by atomic mass is 10.0. The van der Waals surface area contributed by atoms with E-state index in [0.29, 0.717) is 19.3 Å². The van der Waals surface area contributed by atoms with Crippen molar-refractivity contribution in [3.63, 3.8) is 0 Å². The predicted octanol–water partition coefficient (Wildman–Crippen LogP) is 25.0. The van der Waals surface area contributed by atoms with Crippen molar-refractivity contribution in [2.45, 2.75) is 438 Å². The standard InChI is InChI=1S/C73H142O6/c1-4-7-10-13-16-19-22-24-26-28-30-31-32-33-34-35-36-37-38-39-40-41-42-44-45-47-49-51-54-57-60-63-66-72(75)78-69-70(68-77-71(74)65-62-59-56-53-21-18-15-12-9-6-3)79-73(76)67-64-61-58-55-52-50-48-46-43-29-27-25-23-20-17-14-11-8-5-2/h70H,4-69H2,1-3H3. The number of carbonyl (C=O) groups excluding carboxylic acids is 3. The van der Waals surface area contributed by atoms with Crippen LogP contribution in [-0.4, -0.2) is 37.2 Å². The minimum atomic E-state index is -0.762. The molecule has 0 N–H and O–H groups in total. The Bertz CT molecular complexity index is 1190. The van der Waals surface area contributed by atoms with Crippen LogP contribution in [0.5, 0.6) is 0 Å². The summed E-state index contributed by atoms with van der Waals surface area (Å²) in [6.07, 6.45) is 81.7. The van der Waals surface area contributed by atoms with Gasteiger partial charge in [-0.15, -0.1) is 0 Å². The summed E-state index contributed by atoms with van der Waals surface area (Å²) in [5.74, 6) is -0.825. The van der Waals surface area contributed by atoms with Gasteiger partial charge < -0.3 is 14.2 Å². The van der Waals surface area contributed by atoms with Gasteiger partial charge in [-0.2, -0.15) is 0 Å². The van der Waals surface area contributed by atoms with Gasteiger partial charge in [0.1, 0.15) is 13.2 Å². The van der Waals surface area contributed by atoms with Crippen molar-refractivity contribution in [3.05, 3.63) is 0 Å². The Kier molecular flexibility index (Phi) is 67.5. The van der Waals surface area contributed by atoms with Gasteiger partial charge in [-0.25, -0.2) is 0 Å². The molecule has 0 aromatic carbocycles. The highest BCUT2D eigenvalue weighted by atomic mass is 16.6. The second kappa shape index (κ2) is 68.9. The third kappa shape index (κ3) is 67.1. The third-order valence-corrected chi connectivity index (χ3v) is 17.1. The number of carbonyl (C=O) groups is 3. The van der Waals surface area contributed by atoms with Gasteiger partial charge in [0, 0.05) is 19.3 Å². The van der Waals surface area contributed by atoms with Crippen LogP contribution in [0.25, 0.3) is 0 Å². The molecule has 0 aromatic rings. The second-order valence-corrected chi connectivity index (χ2v) is 25.2. The number of ether oxygens (including phenoxy) is 3. The van der Waals surface area contributed by atoms with Gasteiger partial charge in [0.2, 0.25) is 0 Å². The predicted molar refractivity (Wildman–Crippen MR) is 344 cm³/mol. The van der Waals surface area contributed by atoms with Crippen LogP contribution in [0.2, 0.25) is 0 Å².